The minimum Gasteiger partial charge on any atom is -0.207 e. The van der Waals surface area contributed by atoms with E-state index in [0.29, 0.717) is 17.4 Å². The Labute approximate surface area is 153 Å². The lowest BCUT2D eigenvalue weighted by molar-refractivity contribution is 0.249. The van der Waals surface area contributed by atoms with E-state index >= 15 is 0 Å². The van der Waals surface area contributed by atoms with Gasteiger partial charge >= 0.3 is 0 Å². The number of aryl methyl sites for hydroxylation is 1. The van der Waals surface area contributed by atoms with Gasteiger partial charge in [-0.1, -0.05) is 46.4 Å². The molecule has 1 aromatic carbocycles. The minimum absolute atomic E-state index is 0.107. The molecule has 1 aliphatic carbocycles. The molecule has 0 unspecified atom stereocenters. The Balaban J connectivity index is 1.94. The fourth-order valence-electron chi connectivity index (χ4n) is 4.40. The molecule has 2 fully saturated rings. The number of alkyl halides is 1. The first-order valence-electron chi connectivity index (χ1n) is 8.18. The summed E-state index contributed by atoms with van der Waals surface area (Å²) >= 11 is 2.43. The number of nitrogens with zero attached hydrogens (tertiary/aromatic N) is 1. The van der Waals surface area contributed by atoms with Crippen molar-refractivity contribution in [2.24, 2.45) is 11.3 Å². The summed E-state index contributed by atoms with van der Waals surface area (Å²) in [4.78, 5) is 0.426. The molecular weight excluding hydrogens is 421 g/mol. The molecule has 0 bridgehead atoms. The van der Waals surface area contributed by atoms with Gasteiger partial charge in [-0.05, 0) is 56.1 Å². The predicted octanol–water partition coefficient (Wildman–Crippen LogP) is 4.17. The summed E-state index contributed by atoms with van der Waals surface area (Å²) < 4.78 is 29.1. The Bertz CT molecular complexity index is 685. The lowest BCUT2D eigenvalue weighted by Gasteiger charge is -2.31. The van der Waals surface area contributed by atoms with Crippen LogP contribution in [0.25, 0.3) is 0 Å². The number of halogens is 1. The van der Waals surface area contributed by atoms with Crippen molar-refractivity contribution in [2.45, 2.75) is 43.5 Å². The van der Waals surface area contributed by atoms with Gasteiger partial charge in [0, 0.05) is 17.0 Å². The summed E-state index contributed by atoms with van der Waals surface area (Å²) in [6.07, 6.45) is 5.98. The first-order chi connectivity index (χ1) is 10.9. The van der Waals surface area contributed by atoms with Crippen molar-refractivity contribution in [1.82, 2.24) is 4.31 Å². The van der Waals surface area contributed by atoms with Crippen LogP contribution >= 0.6 is 22.6 Å². The summed E-state index contributed by atoms with van der Waals surface area (Å²) in [6, 6.07) is 7.36. The highest BCUT2D eigenvalue weighted by Gasteiger charge is 2.55. The van der Waals surface area contributed by atoms with Crippen LogP contribution < -0.4 is 0 Å². The minimum atomic E-state index is -3.40. The van der Waals surface area contributed by atoms with Gasteiger partial charge in [0.15, 0.2) is 0 Å². The third-order valence-electron chi connectivity index (χ3n) is 5.53. The summed E-state index contributed by atoms with van der Waals surface area (Å²) in [7, 11) is -3.40. The SMILES string of the molecule is C=CC[C@@]12CCN(S(=O)(=O)c3ccc(C)cc3)[C@@H]1C[C@@H](CI)C2. The van der Waals surface area contributed by atoms with E-state index in [0.717, 1.165) is 35.7 Å². The van der Waals surface area contributed by atoms with Crippen molar-refractivity contribution in [3.63, 3.8) is 0 Å². The molecule has 0 aromatic heterocycles. The monoisotopic (exact) mass is 445 g/mol. The molecule has 1 heterocycles. The predicted molar refractivity (Wildman–Crippen MR) is 102 cm³/mol. The van der Waals surface area contributed by atoms with E-state index in [9.17, 15) is 8.42 Å². The molecular formula is C18H24INO2S. The first kappa shape index (κ1) is 17.4. The molecule has 3 atom stereocenters. The largest absolute Gasteiger partial charge is 0.243 e. The molecule has 3 rings (SSSR count). The van der Waals surface area contributed by atoms with Gasteiger partial charge in [-0.2, -0.15) is 4.31 Å². The van der Waals surface area contributed by atoms with Gasteiger partial charge in [0.25, 0.3) is 0 Å². The summed E-state index contributed by atoms with van der Waals surface area (Å²) in [6.45, 7) is 6.53. The second-order valence-electron chi connectivity index (χ2n) is 7.01. The van der Waals surface area contributed by atoms with Crippen molar-refractivity contribution in [1.29, 1.82) is 0 Å². The molecule has 2 aliphatic rings. The van der Waals surface area contributed by atoms with Crippen molar-refractivity contribution in [3.8, 4) is 0 Å². The maximum atomic E-state index is 13.1. The van der Waals surface area contributed by atoms with Gasteiger partial charge in [-0.3, -0.25) is 0 Å². The Hall–Kier alpha value is -0.400. The van der Waals surface area contributed by atoms with Crippen LogP contribution in [0.5, 0.6) is 0 Å². The molecule has 1 aromatic rings. The van der Waals surface area contributed by atoms with E-state index in [-0.39, 0.29) is 11.5 Å². The van der Waals surface area contributed by atoms with E-state index in [2.05, 4.69) is 29.2 Å². The van der Waals surface area contributed by atoms with E-state index < -0.39 is 10.0 Å². The Morgan fingerprint density at radius 2 is 2.09 bits per heavy atom. The third kappa shape index (κ3) is 3.00. The second kappa shape index (κ2) is 6.48. The van der Waals surface area contributed by atoms with Crippen LogP contribution in [0, 0.1) is 18.3 Å². The Morgan fingerprint density at radius 3 is 2.70 bits per heavy atom. The van der Waals surface area contributed by atoms with Crippen LogP contribution in [-0.4, -0.2) is 29.7 Å². The molecule has 0 N–H and O–H groups in total. The number of sulfonamides is 1. The van der Waals surface area contributed by atoms with Crippen molar-refractivity contribution >= 4 is 32.6 Å². The van der Waals surface area contributed by atoms with Crippen molar-refractivity contribution in [3.05, 3.63) is 42.5 Å². The topological polar surface area (TPSA) is 37.4 Å². The maximum absolute atomic E-state index is 13.1. The molecule has 1 aliphatic heterocycles. The zero-order chi connectivity index (χ0) is 16.7. The molecule has 126 valence electrons. The van der Waals surface area contributed by atoms with Crippen LogP contribution in [-0.2, 0) is 10.0 Å². The van der Waals surface area contributed by atoms with Gasteiger partial charge in [0.2, 0.25) is 10.0 Å². The van der Waals surface area contributed by atoms with Crippen LogP contribution in [0.4, 0.5) is 0 Å². The lowest BCUT2D eigenvalue weighted by Crippen LogP contribution is -2.39. The van der Waals surface area contributed by atoms with Gasteiger partial charge < -0.3 is 0 Å². The van der Waals surface area contributed by atoms with Gasteiger partial charge in [0.05, 0.1) is 4.90 Å². The molecule has 5 heteroatoms. The quantitative estimate of drug-likeness (QED) is 0.388. The number of fused-ring (bicyclic) bond motifs is 1. The molecule has 3 nitrogen and oxygen atoms in total. The maximum Gasteiger partial charge on any atom is 0.243 e. The fraction of sp³-hybridized carbons (Fsp3) is 0.556. The van der Waals surface area contributed by atoms with E-state index in [1.54, 1.807) is 16.4 Å². The molecule has 1 saturated heterocycles. The first-order valence-corrected chi connectivity index (χ1v) is 11.1. The van der Waals surface area contributed by atoms with Crippen molar-refractivity contribution in [2.75, 3.05) is 11.0 Å². The average Bonchev–Trinajstić information content (AvgIpc) is 3.03. The third-order valence-corrected chi connectivity index (χ3v) is 8.70. The number of allylic oxidation sites excluding steroid dienone is 1. The summed E-state index contributed by atoms with van der Waals surface area (Å²) in [5.74, 6) is 0.622. The van der Waals surface area contributed by atoms with Crippen LogP contribution in [0.1, 0.15) is 31.2 Å². The number of rotatable bonds is 5. The smallest absolute Gasteiger partial charge is 0.207 e. The average molecular weight is 445 g/mol. The molecule has 0 spiro atoms. The molecule has 0 radical (unpaired) electrons. The van der Waals surface area contributed by atoms with E-state index in [4.69, 9.17) is 0 Å². The lowest BCUT2D eigenvalue weighted by atomic mass is 9.79. The highest BCUT2D eigenvalue weighted by molar-refractivity contribution is 14.1. The second-order valence-corrected chi connectivity index (χ2v) is 9.78. The zero-order valence-electron chi connectivity index (χ0n) is 13.5. The summed E-state index contributed by atoms with van der Waals surface area (Å²) in [5.41, 5.74) is 1.19. The molecule has 1 saturated carbocycles. The highest BCUT2D eigenvalue weighted by Crippen LogP contribution is 2.55. The highest BCUT2D eigenvalue weighted by atomic mass is 127. The standard InChI is InChI=1S/C18H24INO2S/c1-3-8-18-9-10-20(17(18)11-15(12-18)13-19)23(21,22)16-6-4-14(2)5-7-16/h3-7,15,17H,1,8-13H2,2H3/t15-,17-,18+/m1/s1. The van der Waals surface area contributed by atoms with Crippen molar-refractivity contribution < 1.29 is 8.42 Å². The van der Waals surface area contributed by atoms with E-state index in [1.165, 1.54) is 0 Å². The number of hydrogen-bond donors (Lipinski definition) is 0. The van der Waals surface area contributed by atoms with Gasteiger partial charge in [0.1, 0.15) is 0 Å². The zero-order valence-corrected chi connectivity index (χ0v) is 16.5. The number of benzene rings is 1. The Morgan fingerprint density at radius 1 is 1.39 bits per heavy atom. The fourth-order valence-corrected chi connectivity index (χ4v) is 6.80. The normalized spacial score (nSPS) is 31.2. The van der Waals surface area contributed by atoms with E-state index in [1.807, 2.05) is 25.1 Å². The van der Waals surface area contributed by atoms with Crippen LogP contribution in [0.15, 0.2) is 41.8 Å². The molecule has 23 heavy (non-hydrogen) atoms. The van der Waals surface area contributed by atoms with Gasteiger partial charge in [-0.15, -0.1) is 6.58 Å². The van der Waals surface area contributed by atoms with Crippen LogP contribution in [0.2, 0.25) is 0 Å². The summed E-state index contributed by atoms with van der Waals surface area (Å²) in [5, 5.41) is 0. The number of hydrogen-bond acceptors (Lipinski definition) is 2. The van der Waals surface area contributed by atoms with Crippen LogP contribution in [0.3, 0.4) is 0 Å². The van der Waals surface area contributed by atoms with Gasteiger partial charge in [-0.25, -0.2) is 8.42 Å². The Kier molecular flexibility index (Phi) is 4.91. The molecule has 0 amide bonds.